The first-order valence-corrected chi connectivity index (χ1v) is 14.5. The minimum Gasteiger partial charge on any atom is -0.487 e. The van der Waals surface area contributed by atoms with Crippen molar-refractivity contribution in [1.29, 1.82) is 0 Å². The van der Waals surface area contributed by atoms with Crippen LogP contribution in [-0.2, 0) is 21.0 Å². The second-order valence-corrected chi connectivity index (χ2v) is 11.8. The first kappa shape index (κ1) is 27.5. The van der Waals surface area contributed by atoms with Crippen LogP contribution in [0.2, 0.25) is 0 Å². The van der Waals surface area contributed by atoms with Gasteiger partial charge in [-0.2, -0.15) is 4.72 Å². The molecule has 0 spiro atoms. The van der Waals surface area contributed by atoms with E-state index in [-0.39, 0.29) is 47.0 Å². The van der Waals surface area contributed by atoms with Crippen molar-refractivity contribution in [3.8, 4) is 11.5 Å². The maximum atomic E-state index is 15.5. The Morgan fingerprint density at radius 3 is 2.06 bits per heavy atom. The van der Waals surface area contributed by atoms with Gasteiger partial charge in [0.1, 0.15) is 10.5 Å². The van der Waals surface area contributed by atoms with E-state index in [0.29, 0.717) is 24.2 Å². The number of hydrogen-bond acceptors (Lipinski definition) is 6. The predicted molar refractivity (Wildman–Crippen MR) is 120 cm³/mol. The number of benzene rings is 1. The summed E-state index contributed by atoms with van der Waals surface area (Å²) in [6.07, 6.45) is -0.469. The Morgan fingerprint density at radius 2 is 1.59 bits per heavy atom. The monoisotopic (exact) mass is 555 g/mol. The second kappa shape index (κ2) is 11.6. The molecule has 0 aliphatic carbocycles. The van der Waals surface area contributed by atoms with Crippen LogP contribution in [0.1, 0.15) is 25.3 Å². The molecule has 0 atom stereocenters. The van der Waals surface area contributed by atoms with Gasteiger partial charge in [-0.1, -0.05) is 6.92 Å². The van der Waals surface area contributed by atoms with Gasteiger partial charge < -0.3 is 19.3 Å². The third-order valence-electron chi connectivity index (χ3n) is 4.10. The summed E-state index contributed by atoms with van der Waals surface area (Å²) in [6, 6.07) is 0. The molecule has 0 fully saturated rings. The third kappa shape index (κ3) is 6.44. The molecular formula is C17H22Cl2F2NO7PS2. The van der Waals surface area contributed by atoms with E-state index in [9.17, 15) is 13.0 Å². The highest BCUT2D eigenvalue weighted by Crippen LogP contribution is 2.47. The number of aryl methyl sites for hydroxylation is 1. The molecule has 0 radical (unpaired) electrons. The lowest BCUT2D eigenvalue weighted by Gasteiger charge is -2.15. The molecule has 2 aromatic rings. The van der Waals surface area contributed by atoms with Crippen molar-refractivity contribution in [3.05, 3.63) is 17.2 Å². The summed E-state index contributed by atoms with van der Waals surface area (Å²) in [4.78, 5) is 18.0. The van der Waals surface area contributed by atoms with E-state index in [1.54, 1.807) is 11.6 Å². The van der Waals surface area contributed by atoms with Gasteiger partial charge in [0.05, 0.1) is 17.9 Å². The molecule has 32 heavy (non-hydrogen) atoms. The lowest BCUT2D eigenvalue weighted by Crippen LogP contribution is -2.24. The van der Waals surface area contributed by atoms with Gasteiger partial charge in [-0.25, -0.2) is 17.2 Å². The molecule has 0 saturated carbocycles. The maximum absolute atomic E-state index is 15.5. The number of hydrogen-bond donors (Lipinski definition) is 3. The van der Waals surface area contributed by atoms with Gasteiger partial charge in [-0.3, -0.25) is 4.57 Å². The molecule has 0 bridgehead atoms. The summed E-state index contributed by atoms with van der Waals surface area (Å²) in [5.41, 5.74) is -0.0471. The van der Waals surface area contributed by atoms with E-state index in [0.717, 1.165) is 0 Å². The smallest absolute Gasteiger partial charge is 0.340 e. The second-order valence-electron chi connectivity index (χ2n) is 6.46. The Bertz CT molecular complexity index is 1110. The van der Waals surface area contributed by atoms with Crippen LogP contribution in [0.4, 0.5) is 8.78 Å². The molecule has 3 N–H and O–H groups in total. The van der Waals surface area contributed by atoms with Crippen LogP contribution < -0.4 is 14.2 Å². The number of alkyl halides is 2. The molecule has 1 aromatic carbocycles. The molecule has 0 unspecified atom stereocenters. The number of fused-ring (bicyclic) bond motifs is 1. The zero-order valence-electron chi connectivity index (χ0n) is 16.9. The Morgan fingerprint density at radius 1 is 1.06 bits per heavy atom. The normalized spacial score (nSPS) is 12.5. The van der Waals surface area contributed by atoms with Crippen LogP contribution in [0, 0.1) is 11.6 Å². The summed E-state index contributed by atoms with van der Waals surface area (Å²) in [6.45, 7) is 1.48. The van der Waals surface area contributed by atoms with Crippen LogP contribution in [-0.4, -0.2) is 49.5 Å². The van der Waals surface area contributed by atoms with Crippen molar-refractivity contribution in [2.24, 2.45) is 0 Å². The number of rotatable bonds is 13. The molecular weight excluding hydrogens is 534 g/mol. The van der Waals surface area contributed by atoms with Crippen molar-refractivity contribution in [2.75, 3.05) is 31.3 Å². The third-order valence-corrected chi connectivity index (χ3v) is 8.61. The van der Waals surface area contributed by atoms with Crippen LogP contribution in [0.5, 0.6) is 11.5 Å². The number of thiophene rings is 1. The highest BCUT2D eigenvalue weighted by atomic mass is 35.5. The first-order chi connectivity index (χ1) is 15.0. The summed E-state index contributed by atoms with van der Waals surface area (Å²) in [7, 11) is -9.17. The Labute approximate surface area is 198 Å². The van der Waals surface area contributed by atoms with E-state index in [1.807, 2.05) is 0 Å². The number of nitrogens with one attached hydrogen (secondary N) is 1. The molecule has 0 amide bonds. The first-order valence-electron chi connectivity index (χ1n) is 9.36. The van der Waals surface area contributed by atoms with Crippen LogP contribution in [0.3, 0.4) is 0 Å². The Kier molecular flexibility index (Phi) is 9.99. The summed E-state index contributed by atoms with van der Waals surface area (Å²) >= 11 is 11.7. The summed E-state index contributed by atoms with van der Waals surface area (Å²) in [5.74, 6) is -2.57. The van der Waals surface area contributed by atoms with Crippen LogP contribution >= 0.6 is 42.1 Å². The standard InChI is InChI=1S/C17H22Cl2F2NO7PS2/c1-2-10-11-12(20)14(28-7-3-5-18)15(29-8-4-6-19)13(21)16(11)31-17(10)32(26,27)22-9-30(23,24)25/h22H,2-9H2,1H3,(H2,23,24,25). The number of halogens is 4. The Hall–Kier alpha value is -0.720. The van der Waals surface area contributed by atoms with Crippen molar-refractivity contribution in [2.45, 2.75) is 30.4 Å². The van der Waals surface area contributed by atoms with Crippen molar-refractivity contribution in [1.82, 2.24) is 4.72 Å². The van der Waals surface area contributed by atoms with Gasteiger partial charge in [0, 0.05) is 17.1 Å². The minimum absolute atomic E-state index is 0.00388. The quantitative estimate of drug-likeness (QED) is 0.192. The zero-order chi connectivity index (χ0) is 24.1. The van der Waals surface area contributed by atoms with E-state index in [2.05, 4.69) is 0 Å². The van der Waals surface area contributed by atoms with E-state index >= 15 is 8.78 Å². The zero-order valence-corrected chi connectivity index (χ0v) is 20.9. The molecule has 182 valence electrons. The van der Waals surface area contributed by atoms with Gasteiger partial charge in [-0.05, 0) is 24.8 Å². The fourth-order valence-corrected chi connectivity index (χ4v) is 6.93. The molecule has 8 nitrogen and oxygen atoms in total. The summed E-state index contributed by atoms with van der Waals surface area (Å²) in [5, 5.41) is -0.294. The van der Waals surface area contributed by atoms with E-state index in [1.165, 1.54) is 0 Å². The van der Waals surface area contributed by atoms with E-state index in [4.69, 9.17) is 42.5 Å². The SMILES string of the molecule is CCc1c(S(=O)(=O)NCP(=O)(O)O)sc2c(F)c(OCCCCl)c(OCCCCl)c(F)c12. The highest BCUT2D eigenvalue weighted by molar-refractivity contribution is 7.92. The predicted octanol–water partition coefficient (Wildman–Crippen LogP) is 4.17. The van der Waals surface area contributed by atoms with E-state index < -0.39 is 51.2 Å². The fraction of sp³-hybridized carbons (Fsp3) is 0.529. The molecule has 1 aromatic heterocycles. The lowest BCUT2D eigenvalue weighted by atomic mass is 10.1. The molecule has 1 heterocycles. The van der Waals surface area contributed by atoms with Gasteiger partial charge in [-0.15, -0.1) is 34.5 Å². The topological polar surface area (TPSA) is 122 Å². The molecule has 0 aliphatic heterocycles. The number of sulfonamides is 1. The maximum Gasteiger partial charge on any atom is 0.340 e. The minimum atomic E-state index is -4.70. The van der Waals surface area contributed by atoms with Gasteiger partial charge in [0.25, 0.3) is 10.0 Å². The largest absolute Gasteiger partial charge is 0.487 e. The van der Waals surface area contributed by atoms with Gasteiger partial charge >= 0.3 is 7.60 Å². The fourth-order valence-electron chi connectivity index (χ4n) is 2.74. The lowest BCUT2D eigenvalue weighted by molar-refractivity contribution is 0.250. The molecule has 2 rings (SSSR count). The molecule has 0 saturated heterocycles. The van der Waals surface area contributed by atoms with Crippen molar-refractivity contribution in [3.63, 3.8) is 0 Å². The average molecular weight is 556 g/mol. The van der Waals surface area contributed by atoms with Gasteiger partial charge in [0.15, 0.2) is 11.6 Å². The van der Waals surface area contributed by atoms with Gasteiger partial charge in [0.2, 0.25) is 11.5 Å². The summed E-state index contributed by atoms with van der Waals surface area (Å²) < 4.78 is 79.1. The molecule has 0 aliphatic rings. The number of ether oxygens (including phenoxy) is 2. The Balaban J connectivity index is 2.70. The average Bonchev–Trinajstić information content (AvgIpc) is 3.13. The van der Waals surface area contributed by atoms with Crippen LogP contribution in [0.25, 0.3) is 10.1 Å². The van der Waals surface area contributed by atoms with Crippen LogP contribution in [0.15, 0.2) is 4.21 Å². The van der Waals surface area contributed by atoms with Crippen molar-refractivity contribution >= 4 is 62.2 Å². The highest BCUT2D eigenvalue weighted by Gasteiger charge is 2.32. The van der Waals surface area contributed by atoms with Crippen molar-refractivity contribution < 1.29 is 41.0 Å². The molecule has 15 heteroatoms.